The molecule has 5 heteroatoms. The van der Waals surface area contributed by atoms with Gasteiger partial charge in [0.2, 0.25) is 11.7 Å². The second-order valence-corrected chi connectivity index (χ2v) is 10.1. The van der Waals surface area contributed by atoms with E-state index >= 15 is 0 Å². The van der Waals surface area contributed by atoms with Crippen LogP contribution in [-0.4, -0.2) is 42.1 Å². The molecule has 1 heterocycles. The number of ketones is 1. The fourth-order valence-corrected chi connectivity index (χ4v) is 5.64. The molecule has 0 aromatic heterocycles. The number of hydrogen-bond donors (Lipinski definition) is 1. The number of nitrogens with one attached hydrogen (secondary N) is 1. The average Bonchev–Trinajstić information content (AvgIpc) is 3.65. The number of Topliss-reactive ketones (excluding diaryl/α,β-unsaturated/α-hetero) is 1. The Hall–Kier alpha value is -3.73. The summed E-state index contributed by atoms with van der Waals surface area (Å²) in [7, 11) is 0. The summed E-state index contributed by atoms with van der Waals surface area (Å²) in [6.45, 7) is 1.69. The second kappa shape index (κ2) is 10.5. The highest BCUT2D eigenvalue weighted by atomic mass is 16.2. The van der Waals surface area contributed by atoms with E-state index in [4.69, 9.17) is 0 Å². The summed E-state index contributed by atoms with van der Waals surface area (Å²) in [5, 5.41) is 3.19. The zero-order chi connectivity index (χ0) is 25.0. The smallest absolute Gasteiger partial charge is 0.294 e. The Bertz CT molecular complexity index is 1160. The van der Waals surface area contributed by atoms with E-state index in [0.717, 1.165) is 25.7 Å². The third-order valence-corrected chi connectivity index (χ3v) is 7.92. The zero-order valence-electron chi connectivity index (χ0n) is 20.4. The van der Waals surface area contributed by atoms with Gasteiger partial charge in [-0.25, -0.2) is 0 Å². The van der Waals surface area contributed by atoms with Gasteiger partial charge in [-0.3, -0.25) is 14.4 Å². The van der Waals surface area contributed by atoms with Crippen molar-refractivity contribution >= 4 is 17.6 Å². The lowest BCUT2D eigenvalue weighted by atomic mass is 9.88. The standard InChI is InChI=1S/C31H32N2O3/c34-28(25-14-8-3-9-15-25)30(36)33-20-17-31(18-21-33)22-27(31)29(35)32-19-16-26(23-10-4-1-5-11-23)24-12-6-2-7-13-24/h1-15,26-27H,16-22H2,(H,32,35)/t27-/m1/s1. The Morgan fingerprint density at radius 1 is 0.806 bits per heavy atom. The monoisotopic (exact) mass is 480 g/mol. The Balaban J connectivity index is 1.12. The Labute approximate surface area is 212 Å². The van der Waals surface area contributed by atoms with Crippen LogP contribution in [0, 0.1) is 11.3 Å². The maximum Gasteiger partial charge on any atom is 0.294 e. The molecule has 1 aliphatic carbocycles. The first kappa shape index (κ1) is 24.0. The van der Waals surface area contributed by atoms with Crippen molar-refractivity contribution in [2.75, 3.05) is 19.6 Å². The normalized spacial score (nSPS) is 18.1. The van der Waals surface area contributed by atoms with Crippen molar-refractivity contribution in [1.29, 1.82) is 0 Å². The summed E-state index contributed by atoms with van der Waals surface area (Å²) in [5.41, 5.74) is 2.91. The Morgan fingerprint density at radius 2 is 1.33 bits per heavy atom. The van der Waals surface area contributed by atoms with E-state index in [1.165, 1.54) is 11.1 Å². The molecule has 36 heavy (non-hydrogen) atoms. The van der Waals surface area contributed by atoms with Gasteiger partial charge >= 0.3 is 0 Å². The molecule has 1 atom stereocenters. The molecular formula is C31H32N2O3. The lowest BCUT2D eigenvalue weighted by Crippen LogP contribution is -2.43. The van der Waals surface area contributed by atoms with Crippen molar-refractivity contribution < 1.29 is 14.4 Å². The van der Waals surface area contributed by atoms with Crippen LogP contribution < -0.4 is 5.32 Å². The molecule has 184 valence electrons. The molecule has 3 aromatic carbocycles. The van der Waals surface area contributed by atoms with Crippen molar-refractivity contribution in [2.24, 2.45) is 11.3 Å². The SMILES string of the molecule is O=C(C(=O)N1CCC2(CC1)C[C@@H]2C(=O)NCCC(c1ccccc1)c1ccccc1)c1ccccc1. The molecule has 0 unspecified atom stereocenters. The molecule has 0 bridgehead atoms. The summed E-state index contributed by atoms with van der Waals surface area (Å²) >= 11 is 0. The molecule has 1 spiro atoms. The van der Waals surface area contributed by atoms with Gasteiger partial charge in [0, 0.05) is 37.0 Å². The minimum atomic E-state index is -0.456. The zero-order valence-corrected chi connectivity index (χ0v) is 20.4. The summed E-state index contributed by atoms with van der Waals surface area (Å²) in [5.74, 6) is -0.535. The second-order valence-electron chi connectivity index (χ2n) is 10.1. The van der Waals surface area contributed by atoms with Gasteiger partial charge in [0.1, 0.15) is 0 Å². The van der Waals surface area contributed by atoms with Gasteiger partial charge in [-0.2, -0.15) is 0 Å². The first-order valence-corrected chi connectivity index (χ1v) is 12.8. The third-order valence-electron chi connectivity index (χ3n) is 7.92. The number of benzene rings is 3. The van der Waals surface area contributed by atoms with Crippen molar-refractivity contribution in [1.82, 2.24) is 10.2 Å². The fourth-order valence-electron chi connectivity index (χ4n) is 5.64. The van der Waals surface area contributed by atoms with Gasteiger partial charge in [0.15, 0.2) is 0 Å². The minimum absolute atomic E-state index is 0.00600. The van der Waals surface area contributed by atoms with E-state index in [9.17, 15) is 14.4 Å². The maximum atomic E-state index is 13.0. The lowest BCUT2D eigenvalue weighted by Gasteiger charge is -2.32. The van der Waals surface area contributed by atoms with E-state index in [1.54, 1.807) is 29.2 Å². The molecule has 3 aromatic rings. The molecule has 2 fully saturated rings. The van der Waals surface area contributed by atoms with Gasteiger partial charge in [-0.15, -0.1) is 0 Å². The molecule has 2 amide bonds. The molecule has 1 N–H and O–H groups in total. The number of nitrogens with zero attached hydrogens (tertiary/aromatic N) is 1. The van der Waals surface area contributed by atoms with E-state index < -0.39 is 11.7 Å². The van der Waals surface area contributed by atoms with Crippen LogP contribution in [0.2, 0.25) is 0 Å². The van der Waals surface area contributed by atoms with Crippen LogP contribution in [0.1, 0.15) is 53.1 Å². The van der Waals surface area contributed by atoms with Crippen molar-refractivity contribution in [3.63, 3.8) is 0 Å². The molecule has 1 saturated heterocycles. The molecule has 1 aliphatic heterocycles. The molecule has 1 saturated carbocycles. The number of carbonyl (C=O) groups is 3. The highest BCUT2D eigenvalue weighted by Crippen LogP contribution is 2.59. The quantitative estimate of drug-likeness (QED) is 0.371. The minimum Gasteiger partial charge on any atom is -0.356 e. The summed E-state index contributed by atoms with van der Waals surface area (Å²) in [4.78, 5) is 39.8. The molecule has 5 rings (SSSR count). The summed E-state index contributed by atoms with van der Waals surface area (Å²) in [6.07, 6.45) is 3.25. The Morgan fingerprint density at radius 3 is 1.89 bits per heavy atom. The van der Waals surface area contributed by atoms with Gasteiger partial charge in [0.05, 0.1) is 0 Å². The number of piperidine rings is 1. The number of amides is 2. The van der Waals surface area contributed by atoms with Gasteiger partial charge in [0.25, 0.3) is 5.91 Å². The number of hydrogen-bond acceptors (Lipinski definition) is 3. The fraction of sp³-hybridized carbons (Fsp3) is 0.323. The third kappa shape index (κ3) is 5.11. The molecule has 2 aliphatic rings. The first-order valence-electron chi connectivity index (χ1n) is 12.8. The van der Waals surface area contributed by atoms with Crippen molar-refractivity contribution in [2.45, 2.75) is 31.6 Å². The van der Waals surface area contributed by atoms with E-state index in [0.29, 0.717) is 25.2 Å². The molecule has 0 radical (unpaired) electrons. The van der Waals surface area contributed by atoms with Gasteiger partial charge < -0.3 is 10.2 Å². The highest BCUT2D eigenvalue weighted by molar-refractivity contribution is 6.42. The average molecular weight is 481 g/mol. The van der Waals surface area contributed by atoms with Crippen molar-refractivity contribution in [3.8, 4) is 0 Å². The highest BCUT2D eigenvalue weighted by Gasteiger charge is 2.58. The van der Waals surface area contributed by atoms with Crippen LogP contribution in [0.4, 0.5) is 0 Å². The van der Waals surface area contributed by atoms with Crippen LogP contribution in [0.3, 0.4) is 0 Å². The first-order chi connectivity index (χ1) is 17.6. The van der Waals surface area contributed by atoms with Gasteiger partial charge in [-0.1, -0.05) is 91.0 Å². The maximum absolute atomic E-state index is 13.0. The van der Waals surface area contributed by atoms with E-state index in [1.807, 2.05) is 18.2 Å². The van der Waals surface area contributed by atoms with Crippen LogP contribution in [0.25, 0.3) is 0 Å². The molecular weight excluding hydrogens is 448 g/mol. The molecule has 5 nitrogen and oxygen atoms in total. The van der Waals surface area contributed by atoms with E-state index in [2.05, 4.69) is 53.8 Å². The number of likely N-dealkylation sites (tertiary alicyclic amines) is 1. The lowest BCUT2D eigenvalue weighted by molar-refractivity contribution is -0.128. The topological polar surface area (TPSA) is 66.5 Å². The Kier molecular flexibility index (Phi) is 6.99. The summed E-state index contributed by atoms with van der Waals surface area (Å²) < 4.78 is 0. The van der Waals surface area contributed by atoms with Crippen LogP contribution in [0.5, 0.6) is 0 Å². The van der Waals surface area contributed by atoms with E-state index in [-0.39, 0.29) is 23.2 Å². The summed E-state index contributed by atoms with van der Waals surface area (Å²) in [6, 6.07) is 29.6. The predicted molar refractivity (Wildman–Crippen MR) is 139 cm³/mol. The number of rotatable bonds is 8. The van der Waals surface area contributed by atoms with Crippen LogP contribution >= 0.6 is 0 Å². The largest absolute Gasteiger partial charge is 0.356 e. The predicted octanol–water partition coefficient (Wildman–Crippen LogP) is 4.84. The van der Waals surface area contributed by atoms with Crippen LogP contribution in [0.15, 0.2) is 91.0 Å². The van der Waals surface area contributed by atoms with Crippen LogP contribution in [-0.2, 0) is 9.59 Å². The van der Waals surface area contributed by atoms with Crippen molar-refractivity contribution in [3.05, 3.63) is 108 Å². The number of carbonyl (C=O) groups excluding carboxylic acids is 3. The van der Waals surface area contributed by atoms with Gasteiger partial charge in [-0.05, 0) is 42.2 Å².